The Balaban J connectivity index is 0.000000132. The molecular formula is C105H94Cl4F8N6O21. The first-order valence-electron chi connectivity index (χ1n) is 44.9. The summed E-state index contributed by atoms with van der Waals surface area (Å²) in [6.45, 7) is 0.419. The number of amides is 1. The van der Waals surface area contributed by atoms with E-state index in [1.807, 2.05) is 49.3 Å². The predicted molar refractivity (Wildman–Crippen MR) is 505 cm³/mol. The van der Waals surface area contributed by atoms with E-state index >= 15 is 0 Å². The summed E-state index contributed by atoms with van der Waals surface area (Å²) in [6.07, 6.45) is -17.5. The van der Waals surface area contributed by atoms with E-state index in [9.17, 15) is 95.5 Å². The summed E-state index contributed by atoms with van der Waals surface area (Å²) in [5.74, 6) is -10.7. The number of hydrogen-bond acceptors (Lipinski definition) is 25. The second kappa shape index (κ2) is 39.1. The number of aliphatic carboxylic acids is 1. The van der Waals surface area contributed by atoms with Gasteiger partial charge in [0.1, 0.15) is 61.9 Å². The Bertz CT molecular complexity index is 6810. The third-order valence-corrected chi connectivity index (χ3v) is 29.6. The molecule has 8 aliphatic rings. The monoisotopic (exact) mass is 2070 g/mol. The van der Waals surface area contributed by atoms with Crippen LogP contribution in [0, 0.1) is 23.7 Å². The van der Waals surface area contributed by atoms with Gasteiger partial charge in [0.25, 0.3) is 25.7 Å². The lowest BCUT2D eigenvalue weighted by atomic mass is 9.70. The zero-order chi connectivity index (χ0) is 103. The van der Waals surface area contributed by atoms with Crippen LogP contribution in [0.15, 0.2) is 243 Å². The molecule has 4 fully saturated rings. The van der Waals surface area contributed by atoms with Crippen molar-refractivity contribution in [3.8, 4) is 46.5 Å². The summed E-state index contributed by atoms with van der Waals surface area (Å²) >= 11 is 24.8. The molecule has 8 heterocycles. The lowest BCUT2D eigenvalue weighted by Gasteiger charge is -2.41. The minimum atomic E-state index is -2.74. The number of benzene rings is 8. The first-order valence-corrected chi connectivity index (χ1v) is 46.4. The van der Waals surface area contributed by atoms with Crippen molar-refractivity contribution in [2.45, 2.75) is 119 Å². The van der Waals surface area contributed by atoms with Gasteiger partial charge in [0.2, 0.25) is 29.4 Å². The first-order chi connectivity index (χ1) is 68.6. The number of ether oxygens (including phenoxy) is 9. The van der Waals surface area contributed by atoms with Crippen molar-refractivity contribution >= 4 is 64.2 Å². The van der Waals surface area contributed by atoms with Crippen LogP contribution >= 0.6 is 46.4 Å². The molecule has 20 atom stereocenters. The smallest absolute Gasteiger partial charge is 0.312 e. The Morgan fingerprint density at radius 2 is 0.590 bits per heavy atom. The molecule has 39 heteroatoms. The van der Waals surface area contributed by atoms with Crippen molar-refractivity contribution in [1.29, 1.82) is 0 Å². The number of pyridine rings is 4. The number of fused-ring (bicyclic) bond motifs is 12. The average molecular weight is 2070 g/mol. The van der Waals surface area contributed by atoms with E-state index < -0.39 is 160 Å². The quantitative estimate of drug-likeness (QED) is 0.0183. The number of nitrogens with zero attached hydrogens (tertiary/aromatic N) is 6. The number of carbonyl (C=O) groups excluding carboxylic acids is 2. The number of rotatable bonds is 21. The second-order valence-corrected chi connectivity index (χ2v) is 37.9. The lowest BCUT2D eigenvalue weighted by molar-refractivity contribution is -0.161. The number of halogens is 12. The topological polar surface area (TPSA) is 374 Å². The number of esters is 1. The maximum atomic E-state index is 13.6. The number of alkyl halides is 8. The number of methoxy groups -OCH3 is 5. The third-order valence-electron chi connectivity index (χ3n) is 28.8. The number of hydrogen-bond donors (Lipinski definition) is 9. The number of aromatic nitrogens is 4. The molecule has 8 aromatic carbocycles. The van der Waals surface area contributed by atoms with E-state index in [4.69, 9.17) is 89.0 Å². The third kappa shape index (κ3) is 15.6. The van der Waals surface area contributed by atoms with E-state index in [1.165, 1.54) is 162 Å². The molecule has 27 nitrogen and oxygen atoms in total. The Morgan fingerprint density at radius 1 is 0.354 bits per heavy atom. The Hall–Kier alpha value is -12.6. The van der Waals surface area contributed by atoms with Gasteiger partial charge < -0.3 is 98.4 Å². The van der Waals surface area contributed by atoms with Crippen LogP contribution in [-0.4, -0.2) is 188 Å². The molecule has 754 valence electrons. The van der Waals surface area contributed by atoms with Crippen LogP contribution in [0.25, 0.3) is 0 Å². The second-order valence-electron chi connectivity index (χ2n) is 36.3. The molecule has 12 aromatic rings. The summed E-state index contributed by atoms with van der Waals surface area (Å²) < 4.78 is 160. The van der Waals surface area contributed by atoms with Crippen LogP contribution in [-0.2, 0) is 63.9 Å². The van der Waals surface area contributed by atoms with Crippen molar-refractivity contribution in [3.05, 3.63) is 352 Å². The van der Waals surface area contributed by atoms with Gasteiger partial charge >= 0.3 is 11.9 Å². The zero-order valence-electron chi connectivity index (χ0n) is 77.7. The molecule has 0 radical (unpaired) electrons. The zero-order valence-corrected chi connectivity index (χ0v) is 80.7. The number of aliphatic hydroxyl groups is 8. The molecule has 4 aromatic heterocycles. The fourth-order valence-electron chi connectivity index (χ4n) is 23.2. The largest absolute Gasteiger partial charge is 0.481 e. The fraction of sp³-hybridized carbons (Fsp3) is 0.324. The summed E-state index contributed by atoms with van der Waals surface area (Å²) in [4.78, 5) is 59.1. The van der Waals surface area contributed by atoms with E-state index in [1.54, 1.807) is 105 Å². The molecule has 0 spiro atoms. The molecule has 0 saturated heterocycles. The highest BCUT2D eigenvalue weighted by atomic mass is 35.5. The highest BCUT2D eigenvalue weighted by Crippen LogP contribution is 2.76. The lowest BCUT2D eigenvalue weighted by Crippen LogP contribution is -2.52. The number of carboxylic acid groups (broad SMARTS) is 1. The van der Waals surface area contributed by atoms with Gasteiger partial charge in [0, 0.05) is 96.7 Å². The average Bonchev–Trinajstić information content (AvgIpc) is 1.51. The van der Waals surface area contributed by atoms with Gasteiger partial charge in [-0.05, 0) is 58.6 Å². The summed E-state index contributed by atoms with van der Waals surface area (Å²) in [7, 11) is 13.4. The fourth-order valence-corrected chi connectivity index (χ4v) is 23.9. The maximum absolute atomic E-state index is 13.6. The van der Waals surface area contributed by atoms with Gasteiger partial charge in [-0.1, -0.05) is 265 Å². The van der Waals surface area contributed by atoms with Crippen molar-refractivity contribution in [3.63, 3.8) is 0 Å². The van der Waals surface area contributed by atoms with Gasteiger partial charge in [-0.2, -0.15) is 0 Å². The predicted octanol–water partition coefficient (Wildman–Crippen LogP) is 16.6. The van der Waals surface area contributed by atoms with Gasteiger partial charge in [-0.25, -0.2) is 55.1 Å². The standard InChI is InChI=1S/C27H25ClF2N2O5.C27H27ClF2N2O4.C26H22ClF2NO6.C25H20ClF2NO6/c1-32(2)25(34)19-20(14-7-5-4-6-8-14)27(16-11-9-15(10-12-16)23(29)30)26(35,22(19)33)21-17(37-27)13-18(28)31-24(21)36-3;1-32(2)14-18-21(15-7-5-4-6-8-15)27(17-11-9-16(10-12-17)24(29)30)26(34,23(18)33)22-19(36-27)13-20(28)31-25(22)35-3;1-34-23-20-16(12-17(27)30-23)36-26(15-10-8-14(9-11-15)22(28)29)19(13-6-4-3-5-7-13)18(24(32)35-2)21(31)25(20,26)33;1-34-22-19-15(11-16(26)29-22)35-25(14-9-7-13(8-10-14)21(27)28)18(12-5-3-2-4-6-12)17(23(31)32)20(30)24(19,25)33/h4-13,19-20,22-23,33,35H,1-3H3;4-13,18,21,23-24,33-34H,14H2,1-3H3;3-12,18-19,21-22,31,33H,1-2H3;2-11,17-18,20-21,30,33H,1H3,(H,31,32)/t19-,20-,22-,26+,27+;18-,21-,23-,26+,27+;18-,19-,21-,25+,26+;17-,18-,20-,24+,25+/m1111/s1. The molecule has 4 saturated carbocycles. The van der Waals surface area contributed by atoms with Crippen LogP contribution in [0.2, 0.25) is 20.6 Å². The summed E-state index contributed by atoms with van der Waals surface area (Å²) in [6, 6.07) is 62.2. The molecular weight excluding hydrogens is 1970 g/mol. The number of carbonyl (C=O) groups is 3. The van der Waals surface area contributed by atoms with E-state index in [0.717, 1.165) is 5.56 Å². The van der Waals surface area contributed by atoms with Crippen LogP contribution < -0.4 is 37.9 Å². The SMILES string of the molecule is COC(=O)[C@H]1[C@@H](O)[C@@]2(O)c3c(cc(Cl)nc3OC)O[C@@]2(c2ccc(C(F)F)cc2)[C@@H]1c1ccccc1.COc1nc(Cl)cc2c1[C@]1(O)[C@H](O)[C@H](C(=O)N(C)C)[C@@H](c3ccccc3)[C@]1(c1ccc(C(F)F)cc1)O2.COc1nc(Cl)cc2c1[C@]1(O)[C@H](O)[C@H](C(=O)O)[C@@H](c3ccccc3)[C@]1(c1ccc(C(F)F)cc1)O2.COc1nc(Cl)cc2c1[C@]1(O)[C@H](O)[C@H](CN(C)C)[C@@H](c3ccccc3)[C@]1(c1ccc(C(F)F)cc1)O2. The maximum Gasteiger partial charge on any atom is 0.312 e. The molecule has 0 unspecified atom stereocenters. The molecule has 0 bridgehead atoms. The van der Waals surface area contributed by atoms with Crippen LogP contribution in [0.4, 0.5) is 35.1 Å². The van der Waals surface area contributed by atoms with Gasteiger partial charge in [0.05, 0.1) is 81.7 Å². The van der Waals surface area contributed by atoms with E-state index in [0.29, 0.717) is 28.8 Å². The van der Waals surface area contributed by atoms with Crippen molar-refractivity contribution < 1.29 is 138 Å². The molecule has 4 aliphatic heterocycles. The minimum Gasteiger partial charge on any atom is -0.481 e. The van der Waals surface area contributed by atoms with Gasteiger partial charge in [-0.15, -0.1) is 0 Å². The van der Waals surface area contributed by atoms with Gasteiger partial charge in [-0.3, -0.25) is 14.4 Å². The molecule has 4 aliphatic carbocycles. The number of aliphatic hydroxyl groups excluding tert-OH is 4. The highest BCUT2D eigenvalue weighted by molar-refractivity contribution is 6.30. The molecule has 144 heavy (non-hydrogen) atoms. The van der Waals surface area contributed by atoms with Crippen LogP contribution in [0.5, 0.6) is 46.5 Å². The van der Waals surface area contributed by atoms with Crippen molar-refractivity contribution in [2.24, 2.45) is 23.7 Å². The van der Waals surface area contributed by atoms with Gasteiger partial charge in [0.15, 0.2) is 44.8 Å². The first kappa shape index (κ1) is 103. The number of carboxylic acids is 1. The van der Waals surface area contributed by atoms with E-state index in [-0.39, 0.29) is 128 Å². The highest BCUT2D eigenvalue weighted by Gasteiger charge is 2.83. The summed E-state index contributed by atoms with van der Waals surface area (Å²) in [5.41, 5.74) is -13.4. The normalized spacial score (nSPS) is 28.5. The molecule has 20 rings (SSSR count). The molecule has 1 amide bonds. The van der Waals surface area contributed by atoms with Crippen LogP contribution in [0.3, 0.4) is 0 Å². The summed E-state index contributed by atoms with van der Waals surface area (Å²) in [5, 5.41) is 107. The molecule has 9 N–H and O–H groups in total. The Kier molecular flexibility index (Phi) is 27.9. The van der Waals surface area contributed by atoms with Crippen LogP contribution in [0.1, 0.15) is 138 Å². The Labute approximate surface area is 838 Å². The van der Waals surface area contributed by atoms with Crippen molar-refractivity contribution in [2.75, 3.05) is 70.3 Å². The van der Waals surface area contributed by atoms with E-state index in [2.05, 4.69) is 19.9 Å². The minimum absolute atomic E-state index is 0.00707. The van der Waals surface area contributed by atoms with Crippen molar-refractivity contribution in [1.82, 2.24) is 29.7 Å². The Morgan fingerprint density at radius 3 is 0.833 bits per heavy atom.